The maximum Gasteiger partial charge on any atom is 0.408 e. The molecule has 0 heterocycles. The Kier molecular flexibility index (Phi) is 9.24. The Hall–Kier alpha value is -3.35. The Morgan fingerprint density at radius 2 is 1.59 bits per heavy atom. The van der Waals surface area contributed by atoms with E-state index in [4.69, 9.17) is 4.74 Å². The van der Waals surface area contributed by atoms with Gasteiger partial charge < -0.3 is 20.3 Å². The van der Waals surface area contributed by atoms with Crippen molar-refractivity contribution in [1.82, 2.24) is 15.5 Å². The molecule has 0 aliphatic carbocycles. The van der Waals surface area contributed by atoms with Crippen LogP contribution >= 0.6 is 0 Å². The zero-order valence-electron chi connectivity index (χ0n) is 21.3. The maximum absolute atomic E-state index is 13.5. The van der Waals surface area contributed by atoms with E-state index in [2.05, 4.69) is 10.6 Å². The largest absolute Gasteiger partial charge is 0.444 e. The topological polar surface area (TPSA) is 87.7 Å². The maximum atomic E-state index is 13.5. The second-order valence-electron chi connectivity index (χ2n) is 9.70. The summed E-state index contributed by atoms with van der Waals surface area (Å²) in [4.78, 5) is 40.4. The van der Waals surface area contributed by atoms with Crippen molar-refractivity contribution in [2.45, 2.75) is 72.7 Å². The van der Waals surface area contributed by atoms with Crippen molar-refractivity contribution in [3.05, 3.63) is 70.8 Å². The van der Waals surface area contributed by atoms with Gasteiger partial charge in [-0.3, -0.25) is 9.59 Å². The third-order valence-electron chi connectivity index (χ3n) is 5.31. The molecule has 7 heteroatoms. The van der Waals surface area contributed by atoms with E-state index in [1.165, 1.54) is 4.90 Å². The van der Waals surface area contributed by atoms with Gasteiger partial charge in [0.15, 0.2) is 0 Å². The lowest BCUT2D eigenvalue weighted by atomic mass is 9.98. The average molecular weight is 468 g/mol. The first kappa shape index (κ1) is 26.9. The summed E-state index contributed by atoms with van der Waals surface area (Å²) >= 11 is 0. The molecule has 184 valence electrons. The minimum Gasteiger partial charge on any atom is -0.444 e. The van der Waals surface area contributed by atoms with Gasteiger partial charge in [-0.05, 0) is 70.7 Å². The second kappa shape index (κ2) is 11.7. The minimum absolute atomic E-state index is 0.277. The first-order valence-electron chi connectivity index (χ1n) is 11.6. The van der Waals surface area contributed by atoms with E-state index in [1.54, 1.807) is 20.8 Å². The fourth-order valence-electron chi connectivity index (χ4n) is 3.54. The predicted molar refractivity (Wildman–Crippen MR) is 133 cm³/mol. The zero-order valence-corrected chi connectivity index (χ0v) is 21.3. The Morgan fingerprint density at radius 3 is 2.15 bits per heavy atom. The van der Waals surface area contributed by atoms with Crippen LogP contribution in [0.4, 0.5) is 4.79 Å². The van der Waals surface area contributed by atoms with Crippen molar-refractivity contribution in [2.75, 3.05) is 6.54 Å². The van der Waals surface area contributed by atoms with Crippen LogP contribution in [-0.2, 0) is 20.9 Å². The molecule has 0 aromatic heterocycles. The summed E-state index contributed by atoms with van der Waals surface area (Å²) in [6.45, 7) is 13.0. The van der Waals surface area contributed by atoms with Crippen molar-refractivity contribution >= 4 is 17.9 Å². The Bertz CT molecular complexity index is 997. The number of amides is 3. The lowest BCUT2D eigenvalue weighted by Gasteiger charge is -2.35. The van der Waals surface area contributed by atoms with Gasteiger partial charge in [0.2, 0.25) is 11.8 Å². The number of carbonyl (C=O) groups is 3. The number of aryl methyl sites for hydroxylation is 2. The summed E-state index contributed by atoms with van der Waals surface area (Å²) in [7, 11) is 0. The highest BCUT2D eigenvalue weighted by atomic mass is 16.6. The lowest BCUT2D eigenvalue weighted by Crippen LogP contribution is -2.50. The van der Waals surface area contributed by atoms with Crippen LogP contribution in [0.3, 0.4) is 0 Å². The van der Waals surface area contributed by atoms with Gasteiger partial charge in [-0.15, -0.1) is 0 Å². The fraction of sp³-hybridized carbons (Fsp3) is 0.444. The summed E-state index contributed by atoms with van der Waals surface area (Å²) in [5.74, 6) is -0.662. The second-order valence-corrected chi connectivity index (χ2v) is 9.70. The molecule has 0 spiro atoms. The van der Waals surface area contributed by atoms with E-state index in [1.807, 2.05) is 76.2 Å². The fourth-order valence-corrected chi connectivity index (χ4v) is 3.54. The van der Waals surface area contributed by atoms with Crippen LogP contribution in [-0.4, -0.2) is 41.0 Å². The smallest absolute Gasteiger partial charge is 0.408 e. The van der Waals surface area contributed by atoms with E-state index in [0.717, 1.165) is 16.7 Å². The summed E-state index contributed by atoms with van der Waals surface area (Å²) in [5.41, 5.74) is 3.13. The molecular formula is C27H37N3O4. The van der Waals surface area contributed by atoms with Gasteiger partial charge in [0.25, 0.3) is 0 Å². The molecule has 34 heavy (non-hydrogen) atoms. The molecule has 0 saturated heterocycles. The van der Waals surface area contributed by atoms with Crippen LogP contribution in [0.25, 0.3) is 0 Å². The van der Waals surface area contributed by atoms with Crippen molar-refractivity contribution in [1.29, 1.82) is 0 Å². The van der Waals surface area contributed by atoms with Crippen molar-refractivity contribution < 1.29 is 19.1 Å². The molecule has 0 aliphatic rings. The molecule has 0 radical (unpaired) electrons. The van der Waals surface area contributed by atoms with E-state index < -0.39 is 17.7 Å². The van der Waals surface area contributed by atoms with E-state index in [9.17, 15) is 14.4 Å². The summed E-state index contributed by atoms with van der Waals surface area (Å²) in [5, 5.41) is 5.49. The lowest BCUT2D eigenvalue weighted by molar-refractivity contribution is -0.142. The van der Waals surface area contributed by atoms with Gasteiger partial charge in [-0.25, -0.2) is 4.79 Å². The molecule has 0 aliphatic heterocycles. The van der Waals surface area contributed by atoms with Gasteiger partial charge in [0.1, 0.15) is 18.2 Å². The van der Waals surface area contributed by atoms with Crippen LogP contribution in [0.2, 0.25) is 0 Å². The van der Waals surface area contributed by atoms with Crippen molar-refractivity contribution in [2.24, 2.45) is 0 Å². The van der Waals surface area contributed by atoms with Crippen LogP contribution in [0.15, 0.2) is 48.5 Å². The summed E-state index contributed by atoms with van der Waals surface area (Å²) < 4.78 is 5.24. The van der Waals surface area contributed by atoms with Crippen LogP contribution in [0, 0.1) is 13.8 Å². The molecule has 3 amide bonds. The van der Waals surface area contributed by atoms with Gasteiger partial charge in [0.05, 0.1) is 0 Å². The minimum atomic E-state index is -0.851. The van der Waals surface area contributed by atoms with Gasteiger partial charge >= 0.3 is 6.09 Å². The van der Waals surface area contributed by atoms with Crippen LogP contribution < -0.4 is 10.6 Å². The molecule has 0 bridgehead atoms. The van der Waals surface area contributed by atoms with Crippen LogP contribution in [0.5, 0.6) is 0 Å². The van der Waals surface area contributed by atoms with Crippen molar-refractivity contribution in [3.8, 4) is 0 Å². The molecule has 2 rings (SSSR count). The quantitative estimate of drug-likeness (QED) is 0.602. The summed E-state index contributed by atoms with van der Waals surface area (Å²) in [6.07, 6.45) is -0.680. The van der Waals surface area contributed by atoms with Gasteiger partial charge in [-0.2, -0.15) is 0 Å². The standard InChI is InChI=1S/C27H37N3O4/c1-18(2)30(23(31)17-29-26(33)34-27(5,6)7)24(22-14-13-19(3)20(4)15-22)25(32)28-16-21-11-9-8-10-12-21/h8-15,18,24H,16-17H2,1-7H3,(H,28,32)(H,29,33). The molecular weight excluding hydrogens is 430 g/mol. The first-order valence-corrected chi connectivity index (χ1v) is 11.6. The highest BCUT2D eigenvalue weighted by Gasteiger charge is 2.33. The number of hydrogen-bond acceptors (Lipinski definition) is 4. The number of benzene rings is 2. The van der Waals surface area contributed by atoms with Gasteiger partial charge in [-0.1, -0.05) is 48.5 Å². The predicted octanol–water partition coefficient (Wildman–Crippen LogP) is 4.42. The molecule has 1 atom stereocenters. The number of alkyl carbamates (subject to hydrolysis) is 1. The number of nitrogens with one attached hydrogen (secondary N) is 2. The van der Waals surface area contributed by atoms with Crippen molar-refractivity contribution in [3.63, 3.8) is 0 Å². The van der Waals surface area contributed by atoms with E-state index in [0.29, 0.717) is 12.1 Å². The summed E-state index contributed by atoms with van der Waals surface area (Å²) in [6, 6.07) is 14.2. The number of nitrogens with zero attached hydrogens (tertiary/aromatic N) is 1. The highest BCUT2D eigenvalue weighted by Crippen LogP contribution is 2.26. The normalized spacial score (nSPS) is 12.1. The zero-order chi connectivity index (χ0) is 25.5. The molecule has 0 saturated carbocycles. The number of rotatable bonds is 8. The number of carbonyl (C=O) groups excluding carboxylic acids is 3. The molecule has 2 N–H and O–H groups in total. The number of hydrogen-bond donors (Lipinski definition) is 2. The molecule has 1 unspecified atom stereocenters. The molecule has 0 fully saturated rings. The highest BCUT2D eigenvalue weighted by molar-refractivity contribution is 5.90. The molecule has 2 aromatic rings. The Labute approximate surface area is 202 Å². The molecule has 2 aromatic carbocycles. The van der Waals surface area contributed by atoms with Crippen LogP contribution in [0.1, 0.15) is 62.9 Å². The van der Waals surface area contributed by atoms with Gasteiger partial charge in [0, 0.05) is 12.6 Å². The third kappa shape index (κ3) is 7.90. The molecule has 7 nitrogen and oxygen atoms in total. The Morgan fingerprint density at radius 1 is 0.941 bits per heavy atom. The van der Waals surface area contributed by atoms with E-state index >= 15 is 0 Å². The monoisotopic (exact) mass is 467 g/mol. The van der Waals surface area contributed by atoms with E-state index in [-0.39, 0.29) is 24.4 Å². The SMILES string of the molecule is Cc1ccc(C(C(=O)NCc2ccccc2)N(C(=O)CNC(=O)OC(C)(C)C)C(C)C)cc1C. The Balaban J connectivity index is 2.30. The first-order chi connectivity index (χ1) is 15.9. The average Bonchev–Trinajstić information content (AvgIpc) is 2.75. The number of ether oxygens (including phenoxy) is 1. The third-order valence-corrected chi connectivity index (χ3v) is 5.31.